The summed E-state index contributed by atoms with van der Waals surface area (Å²) in [6.45, 7) is 4.20. The van der Waals surface area contributed by atoms with Crippen molar-refractivity contribution in [2.45, 2.75) is 341 Å². The first-order valence-electron chi connectivity index (χ1n) is 34.2. The first-order valence-corrected chi connectivity index (χ1v) is 34.2. The van der Waals surface area contributed by atoms with E-state index >= 15 is 0 Å². The van der Waals surface area contributed by atoms with E-state index in [9.17, 15) is 15.0 Å². The molecule has 0 aliphatic carbocycles. The molecule has 0 rings (SSSR count). The van der Waals surface area contributed by atoms with Gasteiger partial charge in [0.15, 0.2) is 0 Å². The summed E-state index contributed by atoms with van der Waals surface area (Å²) in [5.41, 5.74) is 0. The molecular formula is C75H131NO3. The van der Waals surface area contributed by atoms with E-state index in [1.54, 1.807) is 6.08 Å². The molecule has 0 radical (unpaired) electrons. The molecule has 0 aromatic carbocycles. The van der Waals surface area contributed by atoms with E-state index in [0.717, 1.165) is 83.5 Å². The second kappa shape index (κ2) is 69.1. The topological polar surface area (TPSA) is 69.6 Å². The van der Waals surface area contributed by atoms with Gasteiger partial charge in [-0.25, -0.2) is 0 Å². The molecule has 0 fully saturated rings. The Morgan fingerprint density at radius 1 is 0.316 bits per heavy atom. The van der Waals surface area contributed by atoms with Crippen LogP contribution in [-0.4, -0.2) is 34.9 Å². The lowest BCUT2D eigenvalue weighted by Crippen LogP contribution is -2.45. The largest absolute Gasteiger partial charge is 0.394 e. The van der Waals surface area contributed by atoms with Gasteiger partial charge in [0.05, 0.1) is 18.8 Å². The van der Waals surface area contributed by atoms with Crippen molar-refractivity contribution in [3.05, 3.63) is 122 Å². The van der Waals surface area contributed by atoms with Crippen LogP contribution in [-0.2, 0) is 4.79 Å². The van der Waals surface area contributed by atoms with Crippen LogP contribution in [0.1, 0.15) is 328 Å². The third-order valence-corrected chi connectivity index (χ3v) is 15.2. The van der Waals surface area contributed by atoms with Crippen LogP contribution in [0.15, 0.2) is 122 Å². The van der Waals surface area contributed by atoms with Crippen molar-refractivity contribution in [3.63, 3.8) is 0 Å². The van der Waals surface area contributed by atoms with E-state index in [1.165, 1.54) is 225 Å². The molecule has 454 valence electrons. The third kappa shape index (κ3) is 65.5. The molecule has 4 nitrogen and oxygen atoms in total. The molecule has 2 unspecified atom stereocenters. The normalized spacial score (nSPS) is 13.5. The molecule has 3 N–H and O–H groups in total. The Bertz CT molecular complexity index is 1520. The SMILES string of the molecule is CC/C=C\C/C=C\C/C=C\C/C=C\C/C=C\C/C=C\C/C=C\C/C=C\CCCCCCCCCCCCCCC(=O)NC(CO)C(O)/C=C/CC/C=C/CCCCCCCCCCCCCCCCCCCCCCCCCC. The Morgan fingerprint density at radius 2 is 0.570 bits per heavy atom. The van der Waals surface area contributed by atoms with Crippen LogP contribution < -0.4 is 5.32 Å². The molecule has 0 bridgehead atoms. The smallest absolute Gasteiger partial charge is 0.220 e. The van der Waals surface area contributed by atoms with Crippen LogP contribution in [0.5, 0.6) is 0 Å². The maximum absolute atomic E-state index is 12.5. The number of amides is 1. The van der Waals surface area contributed by atoms with Crippen LogP contribution in [0.3, 0.4) is 0 Å². The molecule has 0 aliphatic heterocycles. The number of carbonyl (C=O) groups is 1. The predicted molar refractivity (Wildman–Crippen MR) is 354 cm³/mol. The summed E-state index contributed by atoms with van der Waals surface area (Å²) < 4.78 is 0. The van der Waals surface area contributed by atoms with Crippen molar-refractivity contribution in [1.82, 2.24) is 5.32 Å². The lowest BCUT2D eigenvalue weighted by atomic mass is 10.0. The number of allylic oxidation sites excluding steroid dienone is 19. The van der Waals surface area contributed by atoms with Gasteiger partial charge in [-0.2, -0.15) is 0 Å². The summed E-state index contributed by atoms with van der Waals surface area (Å²) >= 11 is 0. The molecule has 0 saturated carbocycles. The van der Waals surface area contributed by atoms with Crippen LogP contribution in [0.2, 0.25) is 0 Å². The van der Waals surface area contributed by atoms with Gasteiger partial charge in [0.1, 0.15) is 0 Å². The molecule has 79 heavy (non-hydrogen) atoms. The highest BCUT2D eigenvalue weighted by Gasteiger charge is 2.18. The Hall–Kier alpha value is -3.21. The highest BCUT2D eigenvalue weighted by atomic mass is 16.3. The minimum absolute atomic E-state index is 0.0771. The summed E-state index contributed by atoms with van der Waals surface area (Å²) in [4.78, 5) is 12.5. The van der Waals surface area contributed by atoms with Gasteiger partial charge in [0.2, 0.25) is 5.91 Å². The average Bonchev–Trinajstić information content (AvgIpc) is 3.45. The molecule has 0 aliphatic rings. The molecule has 1 amide bonds. The Kier molecular flexibility index (Phi) is 66.3. The summed E-state index contributed by atoms with van der Waals surface area (Å²) in [6, 6.07) is -0.650. The fourth-order valence-corrected chi connectivity index (χ4v) is 10.0. The number of rotatable bonds is 62. The number of hydrogen-bond acceptors (Lipinski definition) is 3. The second-order valence-corrected chi connectivity index (χ2v) is 22.9. The summed E-state index contributed by atoms with van der Waals surface area (Å²) in [5.74, 6) is -0.0771. The van der Waals surface area contributed by atoms with Crippen LogP contribution in [0.25, 0.3) is 0 Å². The van der Waals surface area contributed by atoms with E-state index in [1.807, 2.05) is 6.08 Å². The average molecular weight is 1090 g/mol. The zero-order valence-electron chi connectivity index (χ0n) is 52.4. The third-order valence-electron chi connectivity index (χ3n) is 15.2. The minimum Gasteiger partial charge on any atom is -0.394 e. The molecule has 0 spiro atoms. The van der Waals surface area contributed by atoms with Crippen molar-refractivity contribution >= 4 is 5.91 Å². The van der Waals surface area contributed by atoms with E-state index in [2.05, 4.69) is 129 Å². The maximum Gasteiger partial charge on any atom is 0.220 e. The molecule has 0 heterocycles. The van der Waals surface area contributed by atoms with Gasteiger partial charge < -0.3 is 15.5 Å². The van der Waals surface area contributed by atoms with Gasteiger partial charge >= 0.3 is 0 Å². The van der Waals surface area contributed by atoms with Gasteiger partial charge in [-0.1, -0.05) is 347 Å². The number of carbonyl (C=O) groups excluding carboxylic acids is 1. The highest BCUT2D eigenvalue weighted by molar-refractivity contribution is 5.76. The summed E-state index contributed by atoms with van der Waals surface area (Å²) in [7, 11) is 0. The zero-order chi connectivity index (χ0) is 56.9. The second-order valence-electron chi connectivity index (χ2n) is 22.9. The quantitative estimate of drug-likeness (QED) is 0.0420. The lowest BCUT2D eigenvalue weighted by molar-refractivity contribution is -0.123. The Balaban J connectivity index is 3.55. The van der Waals surface area contributed by atoms with Crippen LogP contribution >= 0.6 is 0 Å². The number of hydrogen-bond donors (Lipinski definition) is 3. The standard InChI is InChI=1S/C75H131NO3/c1-3-5-7-9-11-13-15-17-19-21-23-25-27-29-31-33-35-36-37-38-39-40-41-43-45-47-49-51-53-55-57-59-61-63-65-67-69-71-75(79)76-73(72-77)74(78)70-68-66-64-62-60-58-56-54-52-50-48-46-44-42-34-32-30-28-26-24-22-20-18-16-14-12-10-8-6-4-2/h5,7,11,13,17,19,23,25,29,31,35-36,38-39,41,43,60,62,68,70,73-74,77-78H,3-4,6,8-10,12,14-16,18,20-22,24,26-28,30,32-34,37,40,42,44-59,61,63-67,69,71-72H2,1-2H3,(H,76,79)/b7-5-,13-11-,19-17-,25-23-,31-29-,36-35-,39-38-,43-41-,62-60+,70-68+. The molecule has 2 atom stereocenters. The predicted octanol–water partition coefficient (Wildman–Crippen LogP) is 23.5. The maximum atomic E-state index is 12.5. The van der Waals surface area contributed by atoms with Crippen molar-refractivity contribution < 1.29 is 15.0 Å². The number of aliphatic hydroxyl groups is 2. The van der Waals surface area contributed by atoms with E-state index < -0.39 is 12.1 Å². The number of unbranched alkanes of at least 4 members (excludes halogenated alkanes) is 37. The lowest BCUT2D eigenvalue weighted by Gasteiger charge is -2.19. The fraction of sp³-hybridized carbons (Fsp3) is 0.720. The zero-order valence-corrected chi connectivity index (χ0v) is 52.4. The summed E-state index contributed by atoms with van der Waals surface area (Å²) in [5, 5.41) is 23.3. The van der Waals surface area contributed by atoms with E-state index in [-0.39, 0.29) is 12.5 Å². The first-order chi connectivity index (χ1) is 39.2. The van der Waals surface area contributed by atoms with Gasteiger partial charge in [0, 0.05) is 6.42 Å². The molecule has 0 aromatic rings. The van der Waals surface area contributed by atoms with Crippen LogP contribution in [0, 0.1) is 0 Å². The van der Waals surface area contributed by atoms with Gasteiger partial charge in [0.25, 0.3) is 0 Å². The Morgan fingerprint density at radius 3 is 0.886 bits per heavy atom. The van der Waals surface area contributed by atoms with Gasteiger partial charge in [-0.15, -0.1) is 0 Å². The van der Waals surface area contributed by atoms with Crippen molar-refractivity contribution in [2.24, 2.45) is 0 Å². The first kappa shape index (κ1) is 75.8. The molecule has 4 heteroatoms. The monoisotopic (exact) mass is 1090 g/mol. The Labute approximate surface area is 492 Å². The summed E-state index contributed by atoms with van der Waals surface area (Å²) in [6.07, 6.45) is 106. The van der Waals surface area contributed by atoms with E-state index in [4.69, 9.17) is 0 Å². The number of aliphatic hydroxyl groups excluding tert-OH is 2. The molecule has 0 aromatic heterocycles. The minimum atomic E-state index is -0.872. The number of nitrogens with one attached hydrogen (secondary N) is 1. The molecular weight excluding hydrogens is 963 g/mol. The van der Waals surface area contributed by atoms with Crippen molar-refractivity contribution in [3.8, 4) is 0 Å². The highest BCUT2D eigenvalue weighted by Crippen LogP contribution is 2.17. The van der Waals surface area contributed by atoms with Gasteiger partial charge in [-0.3, -0.25) is 4.79 Å². The molecule has 0 saturated heterocycles. The fourth-order valence-electron chi connectivity index (χ4n) is 10.0. The van der Waals surface area contributed by atoms with Gasteiger partial charge in [-0.05, 0) is 96.3 Å². The van der Waals surface area contributed by atoms with Crippen molar-refractivity contribution in [2.75, 3.05) is 6.61 Å². The van der Waals surface area contributed by atoms with E-state index in [0.29, 0.717) is 6.42 Å². The van der Waals surface area contributed by atoms with Crippen LogP contribution in [0.4, 0.5) is 0 Å². The van der Waals surface area contributed by atoms with Crippen molar-refractivity contribution in [1.29, 1.82) is 0 Å².